The van der Waals surface area contributed by atoms with Crippen molar-refractivity contribution in [3.8, 4) is 0 Å². The number of anilines is 1. The second-order valence-corrected chi connectivity index (χ2v) is 8.60. The second-order valence-electron chi connectivity index (χ2n) is 5.78. The lowest BCUT2D eigenvalue weighted by molar-refractivity contribution is 0.0994. The molecule has 0 radical (unpaired) electrons. The van der Waals surface area contributed by atoms with Crippen LogP contribution in [0.1, 0.15) is 28.9 Å². The Morgan fingerprint density at radius 1 is 1.08 bits per heavy atom. The number of hydrogen-bond acceptors (Lipinski definition) is 4. The van der Waals surface area contributed by atoms with Crippen LogP contribution < -0.4 is 4.90 Å². The molecule has 0 atom stereocenters. The first-order chi connectivity index (χ1) is 11.5. The van der Waals surface area contributed by atoms with Crippen molar-refractivity contribution in [1.29, 1.82) is 0 Å². The predicted molar refractivity (Wildman–Crippen MR) is 96.1 cm³/mol. The zero-order valence-corrected chi connectivity index (χ0v) is 15.1. The average Bonchev–Trinajstić information content (AvgIpc) is 3.12. The number of benzene rings is 1. The van der Waals surface area contributed by atoms with E-state index in [0.717, 1.165) is 24.9 Å². The number of amides is 1. The Bertz CT molecular complexity index is 809. The normalized spacial score (nSPS) is 16.0. The summed E-state index contributed by atoms with van der Waals surface area (Å²) in [6.45, 7) is 1.06. The van der Waals surface area contributed by atoms with E-state index >= 15 is 0 Å². The van der Waals surface area contributed by atoms with E-state index in [1.807, 2.05) is 30.3 Å². The minimum absolute atomic E-state index is 0.127. The van der Waals surface area contributed by atoms with Gasteiger partial charge < -0.3 is 4.90 Å². The molecule has 1 amide bonds. The molecule has 0 saturated carbocycles. The summed E-state index contributed by atoms with van der Waals surface area (Å²) in [6.07, 6.45) is 2.80. The number of nitrogens with zero attached hydrogens (tertiary/aromatic N) is 2. The van der Waals surface area contributed by atoms with Crippen molar-refractivity contribution in [2.75, 3.05) is 25.0 Å². The Morgan fingerprint density at radius 3 is 2.42 bits per heavy atom. The smallest absolute Gasteiger partial charge is 0.269 e. The van der Waals surface area contributed by atoms with Crippen LogP contribution in [-0.4, -0.2) is 38.8 Å². The second kappa shape index (κ2) is 7.04. The minimum Gasteiger partial charge on any atom is -0.311 e. The Labute approximate surface area is 146 Å². The first kappa shape index (κ1) is 17.1. The fourth-order valence-corrected chi connectivity index (χ4v) is 5.71. The van der Waals surface area contributed by atoms with Gasteiger partial charge in [0.05, 0.1) is 0 Å². The number of sulfonamides is 1. The van der Waals surface area contributed by atoms with E-state index < -0.39 is 10.0 Å². The third-order valence-electron chi connectivity index (χ3n) is 4.20. The monoisotopic (exact) mass is 364 g/mol. The van der Waals surface area contributed by atoms with E-state index in [9.17, 15) is 13.2 Å². The molecule has 3 rings (SSSR count). The van der Waals surface area contributed by atoms with Gasteiger partial charge in [-0.15, -0.1) is 11.3 Å². The molecule has 1 fully saturated rings. The maximum Gasteiger partial charge on any atom is 0.269 e. The fourth-order valence-electron chi connectivity index (χ4n) is 2.82. The summed E-state index contributed by atoms with van der Waals surface area (Å²) in [5.41, 5.74) is 0.734. The SMILES string of the molecule is CN(C(=O)c1sccc1S(=O)(=O)N1CCCCC1)c1ccccc1. The van der Waals surface area contributed by atoms with E-state index in [-0.39, 0.29) is 15.7 Å². The van der Waals surface area contributed by atoms with Gasteiger partial charge in [0.25, 0.3) is 5.91 Å². The van der Waals surface area contributed by atoms with Crippen LogP contribution in [0.15, 0.2) is 46.7 Å². The lowest BCUT2D eigenvalue weighted by Gasteiger charge is -2.26. The molecule has 1 saturated heterocycles. The topological polar surface area (TPSA) is 57.7 Å². The molecule has 0 spiro atoms. The predicted octanol–water partition coefficient (Wildman–Crippen LogP) is 3.20. The number of thiophene rings is 1. The molecule has 24 heavy (non-hydrogen) atoms. The molecule has 2 aromatic rings. The molecule has 0 aliphatic carbocycles. The van der Waals surface area contributed by atoms with Crippen LogP contribution >= 0.6 is 11.3 Å². The molecule has 0 N–H and O–H groups in total. The minimum atomic E-state index is -3.61. The van der Waals surface area contributed by atoms with Gasteiger partial charge in [0, 0.05) is 25.8 Å². The molecular weight excluding hydrogens is 344 g/mol. The van der Waals surface area contributed by atoms with Crippen molar-refractivity contribution in [2.24, 2.45) is 0 Å². The quantitative estimate of drug-likeness (QED) is 0.837. The fraction of sp³-hybridized carbons (Fsp3) is 0.353. The lowest BCUT2D eigenvalue weighted by atomic mass is 10.2. The van der Waals surface area contributed by atoms with E-state index in [1.165, 1.54) is 20.5 Å². The van der Waals surface area contributed by atoms with E-state index in [4.69, 9.17) is 0 Å². The number of carbonyl (C=O) groups is 1. The maximum atomic E-state index is 12.9. The highest BCUT2D eigenvalue weighted by atomic mass is 32.2. The maximum absolute atomic E-state index is 12.9. The molecule has 2 heterocycles. The van der Waals surface area contributed by atoms with Crippen molar-refractivity contribution in [1.82, 2.24) is 4.31 Å². The third-order valence-corrected chi connectivity index (χ3v) is 7.18. The van der Waals surface area contributed by atoms with Crippen LogP contribution in [0.25, 0.3) is 0 Å². The van der Waals surface area contributed by atoms with Crippen LogP contribution in [0.4, 0.5) is 5.69 Å². The zero-order chi connectivity index (χ0) is 17.2. The zero-order valence-electron chi connectivity index (χ0n) is 13.5. The number of hydrogen-bond donors (Lipinski definition) is 0. The molecule has 1 aliphatic rings. The molecule has 1 aromatic heterocycles. The highest BCUT2D eigenvalue weighted by Crippen LogP contribution is 2.29. The largest absolute Gasteiger partial charge is 0.311 e. The van der Waals surface area contributed by atoms with Gasteiger partial charge in [0.1, 0.15) is 9.77 Å². The Hall–Kier alpha value is -1.70. The number of rotatable bonds is 4. The van der Waals surface area contributed by atoms with Crippen molar-refractivity contribution in [3.05, 3.63) is 46.7 Å². The van der Waals surface area contributed by atoms with Crippen molar-refractivity contribution < 1.29 is 13.2 Å². The Balaban J connectivity index is 1.91. The average molecular weight is 364 g/mol. The number of para-hydroxylation sites is 1. The van der Waals surface area contributed by atoms with Gasteiger partial charge in [-0.1, -0.05) is 24.6 Å². The van der Waals surface area contributed by atoms with Gasteiger partial charge in [0.2, 0.25) is 10.0 Å². The summed E-state index contributed by atoms with van der Waals surface area (Å²) in [7, 11) is -1.95. The van der Waals surface area contributed by atoms with Gasteiger partial charge in [-0.25, -0.2) is 8.42 Å². The number of piperidine rings is 1. The van der Waals surface area contributed by atoms with Crippen LogP contribution in [-0.2, 0) is 10.0 Å². The molecule has 5 nitrogen and oxygen atoms in total. The molecule has 128 valence electrons. The lowest BCUT2D eigenvalue weighted by Crippen LogP contribution is -2.36. The molecular formula is C17H20N2O3S2. The van der Waals surface area contributed by atoms with E-state index in [2.05, 4.69) is 0 Å². The van der Waals surface area contributed by atoms with Crippen LogP contribution in [0.5, 0.6) is 0 Å². The summed E-state index contributed by atoms with van der Waals surface area (Å²) in [5, 5.41) is 1.67. The van der Waals surface area contributed by atoms with Crippen LogP contribution in [0.3, 0.4) is 0 Å². The standard InChI is InChI=1S/C17H20N2O3S2/c1-18(14-8-4-2-5-9-14)17(20)16-15(10-13-23-16)24(21,22)19-11-6-3-7-12-19/h2,4-5,8-10,13H,3,6-7,11-12H2,1H3. The summed E-state index contributed by atoms with van der Waals surface area (Å²) in [5.74, 6) is -0.299. The molecule has 0 unspecified atom stereocenters. The van der Waals surface area contributed by atoms with E-state index in [1.54, 1.807) is 18.5 Å². The first-order valence-corrected chi connectivity index (χ1v) is 10.2. The first-order valence-electron chi connectivity index (χ1n) is 7.92. The molecule has 1 aromatic carbocycles. The summed E-state index contributed by atoms with van der Waals surface area (Å²) in [6, 6.07) is 10.8. The van der Waals surface area contributed by atoms with Crippen molar-refractivity contribution in [3.63, 3.8) is 0 Å². The van der Waals surface area contributed by atoms with Gasteiger partial charge in [-0.05, 0) is 36.4 Å². The van der Waals surface area contributed by atoms with Gasteiger partial charge >= 0.3 is 0 Å². The summed E-state index contributed by atoms with van der Waals surface area (Å²) < 4.78 is 27.3. The van der Waals surface area contributed by atoms with Gasteiger partial charge in [-0.2, -0.15) is 4.31 Å². The van der Waals surface area contributed by atoms with Crippen molar-refractivity contribution in [2.45, 2.75) is 24.2 Å². The molecule has 0 bridgehead atoms. The molecule has 7 heteroatoms. The highest BCUT2D eigenvalue weighted by Gasteiger charge is 2.32. The highest BCUT2D eigenvalue weighted by molar-refractivity contribution is 7.89. The third kappa shape index (κ3) is 3.24. The Kier molecular flexibility index (Phi) is 5.03. The van der Waals surface area contributed by atoms with Gasteiger partial charge in [0.15, 0.2) is 0 Å². The van der Waals surface area contributed by atoms with Crippen molar-refractivity contribution >= 4 is 33.0 Å². The van der Waals surface area contributed by atoms with Crippen LogP contribution in [0, 0.1) is 0 Å². The summed E-state index contributed by atoms with van der Waals surface area (Å²) in [4.78, 5) is 14.7. The van der Waals surface area contributed by atoms with Gasteiger partial charge in [-0.3, -0.25) is 4.79 Å². The van der Waals surface area contributed by atoms with E-state index in [0.29, 0.717) is 13.1 Å². The van der Waals surface area contributed by atoms with Crippen LogP contribution in [0.2, 0.25) is 0 Å². The number of carbonyl (C=O) groups excluding carboxylic acids is 1. The Morgan fingerprint density at radius 2 is 1.75 bits per heavy atom. The molecule has 1 aliphatic heterocycles. The summed E-state index contributed by atoms with van der Waals surface area (Å²) >= 11 is 1.17.